The normalized spacial score (nSPS) is 10.1. The van der Waals surface area contributed by atoms with Crippen molar-refractivity contribution in [2.45, 2.75) is 0 Å². The van der Waals surface area contributed by atoms with Gasteiger partial charge in [-0.25, -0.2) is 0 Å². The Bertz CT molecular complexity index is 524. The standard InChI is InChI=1S/3C6H5.Sn/c3*1-2-4-6-5-3-1;/h3*1-5H;/q;;;-1. The maximum atomic E-state index is 2.29. The van der Waals surface area contributed by atoms with E-state index in [2.05, 4.69) is 91.0 Å². The predicted octanol–water partition coefficient (Wildman–Crippen LogP) is 2.20. The zero-order chi connectivity index (χ0) is 12.9. The Morgan fingerprint density at radius 2 is 0.632 bits per heavy atom. The molecule has 0 spiro atoms. The van der Waals surface area contributed by atoms with Gasteiger partial charge >= 0.3 is 121 Å². The molecule has 3 aromatic rings. The molecular formula is C18H15Sn-. The predicted molar refractivity (Wildman–Crippen MR) is 84.0 cm³/mol. The van der Waals surface area contributed by atoms with Gasteiger partial charge in [-0.2, -0.15) is 0 Å². The van der Waals surface area contributed by atoms with Crippen molar-refractivity contribution in [1.82, 2.24) is 0 Å². The van der Waals surface area contributed by atoms with Crippen LogP contribution in [-0.2, 0) is 0 Å². The SMILES string of the molecule is c1cc[c]([Sn-]([c]2ccccc2)[c]2ccccc2)cc1. The Kier molecular flexibility index (Phi) is 3.99. The molecule has 0 heterocycles. The van der Waals surface area contributed by atoms with Gasteiger partial charge in [0, 0.05) is 0 Å². The van der Waals surface area contributed by atoms with Crippen LogP contribution in [0.1, 0.15) is 0 Å². The molecule has 0 fully saturated rings. The maximum absolute atomic E-state index is 2.29. The van der Waals surface area contributed by atoms with Crippen LogP contribution in [0, 0.1) is 0 Å². The minimum absolute atomic E-state index is 1.53. The van der Waals surface area contributed by atoms with Crippen LogP contribution in [0.15, 0.2) is 91.0 Å². The molecule has 1 heteroatoms. The summed E-state index contributed by atoms with van der Waals surface area (Å²) in [6, 6.07) is 32.9. The summed E-state index contributed by atoms with van der Waals surface area (Å²) in [5.74, 6) is 0. The van der Waals surface area contributed by atoms with E-state index in [1.165, 1.54) is 10.7 Å². The summed E-state index contributed by atoms with van der Waals surface area (Å²) in [5.41, 5.74) is 0. The third kappa shape index (κ3) is 2.90. The fourth-order valence-corrected chi connectivity index (χ4v) is 9.67. The second-order valence-corrected chi connectivity index (χ2v) is 11.6. The summed E-state index contributed by atoms with van der Waals surface area (Å²) in [6.07, 6.45) is 0. The van der Waals surface area contributed by atoms with Gasteiger partial charge in [0.15, 0.2) is 0 Å². The Morgan fingerprint density at radius 1 is 0.368 bits per heavy atom. The summed E-state index contributed by atoms with van der Waals surface area (Å²) in [7, 11) is 0. The van der Waals surface area contributed by atoms with Crippen molar-refractivity contribution in [3.05, 3.63) is 91.0 Å². The third-order valence-electron chi connectivity index (χ3n) is 3.19. The van der Waals surface area contributed by atoms with E-state index in [-0.39, 0.29) is 0 Å². The molecule has 0 unspecified atom stereocenters. The van der Waals surface area contributed by atoms with Crippen molar-refractivity contribution >= 4 is 30.5 Å². The van der Waals surface area contributed by atoms with Crippen LogP contribution in [0.5, 0.6) is 0 Å². The molecule has 0 aliphatic carbocycles. The summed E-state index contributed by atoms with van der Waals surface area (Å²) < 4.78 is 4.59. The fraction of sp³-hybridized carbons (Fsp3) is 0. The van der Waals surface area contributed by atoms with Crippen molar-refractivity contribution in [2.75, 3.05) is 0 Å². The van der Waals surface area contributed by atoms with E-state index in [0.29, 0.717) is 0 Å². The number of benzene rings is 3. The first kappa shape index (κ1) is 12.5. The van der Waals surface area contributed by atoms with Crippen LogP contribution < -0.4 is 10.7 Å². The first-order chi connectivity index (χ1) is 9.45. The van der Waals surface area contributed by atoms with Gasteiger partial charge in [-0.1, -0.05) is 0 Å². The Balaban J connectivity index is 2.12. The number of hydrogen-bond donors (Lipinski definition) is 0. The molecule has 0 nitrogen and oxygen atoms in total. The van der Waals surface area contributed by atoms with E-state index >= 15 is 0 Å². The number of hydrogen-bond acceptors (Lipinski definition) is 0. The Labute approximate surface area is 121 Å². The molecule has 0 bridgehead atoms. The molecule has 0 aliphatic heterocycles. The van der Waals surface area contributed by atoms with E-state index in [1.807, 2.05) is 0 Å². The summed E-state index contributed by atoms with van der Waals surface area (Å²) in [4.78, 5) is 0. The van der Waals surface area contributed by atoms with Gasteiger partial charge in [-0.05, 0) is 0 Å². The number of rotatable bonds is 3. The molecule has 0 aromatic heterocycles. The Hall–Kier alpha value is -1.54. The van der Waals surface area contributed by atoms with Crippen LogP contribution in [0.3, 0.4) is 0 Å². The minimum atomic E-state index is -1.98. The van der Waals surface area contributed by atoms with Crippen LogP contribution in [0.4, 0.5) is 0 Å². The van der Waals surface area contributed by atoms with Gasteiger partial charge in [-0.3, -0.25) is 0 Å². The molecule has 19 heavy (non-hydrogen) atoms. The van der Waals surface area contributed by atoms with E-state index in [4.69, 9.17) is 0 Å². The molecule has 0 atom stereocenters. The van der Waals surface area contributed by atoms with Crippen molar-refractivity contribution in [3.63, 3.8) is 0 Å². The summed E-state index contributed by atoms with van der Waals surface area (Å²) >= 11 is -1.98. The second-order valence-electron chi connectivity index (χ2n) is 4.47. The van der Waals surface area contributed by atoms with Crippen LogP contribution in [0.25, 0.3) is 0 Å². The van der Waals surface area contributed by atoms with Crippen molar-refractivity contribution < 1.29 is 0 Å². The molecule has 3 rings (SSSR count). The van der Waals surface area contributed by atoms with Gasteiger partial charge in [0.2, 0.25) is 0 Å². The molecule has 0 saturated carbocycles. The quantitative estimate of drug-likeness (QED) is 0.636. The van der Waals surface area contributed by atoms with Gasteiger partial charge in [0.05, 0.1) is 0 Å². The molecule has 0 radical (unpaired) electrons. The summed E-state index contributed by atoms with van der Waals surface area (Å²) in [6.45, 7) is 0. The average molecular weight is 350 g/mol. The summed E-state index contributed by atoms with van der Waals surface area (Å²) in [5, 5.41) is 0. The topological polar surface area (TPSA) is 0 Å². The zero-order valence-corrected chi connectivity index (χ0v) is 13.5. The van der Waals surface area contributed by atoms with Crippen molar-refractivity contribution in [2.24, 2.45) is 0 Å². The van der Waals surface area contributed by atoms with E-state index in [0.717, 1.165) is 0 Å². The average Bonchev–Trinajstić information content (AvgIpc) is 2.51. The van der Waals surface area contributed by atoms with Gasteiger partial charge in [0.1, 0.15) is 0 Å². The molecule has 0 N–H and O–H groups in total. The van der Waals surface area contributed by atoms with Gasteiger partial charge < -0.3 is 0 Å². The first-order valence-corrected chi connectivity index (χ1v) is 10.8. The Morgan fingerprint density at radius 3 is 0.895 bits per heavy atom. The van der Waals surface area contributed by atoms with Crippen molar-refractivity contribution in [1.29, 1.82) is 0 Å². The van der Waals surface area contributed by atoms with Gasteiger partial charge in [-0.15, -0.1) is 0 Å². The molecule has 0 saturated heterocycles. The monoisotopic (exact) mass is 351 g/mol. The zero-order valence-electron chi connectivity index (χ0n) is 10.7. The third-order valence-corrected chi connectivity index (χ3v) is 11.0. The van der Waals surface area contributed by atoms with E-state index in [9.17, 15) is 0 Å². The fourth-order valence-electron chi connectivity index (χ4n) is 2.31. The molecule has 3 aromatic carbocycles. The van der Waals surface area contributed by atoms with Crippen molar-refractivity contribution in [3.8, 4) is 0 Å². The van der Waals surface area contributed by atoms with E-state index < -0.39 is 19.8 Å². The molecule has 0 amide bonds. The van der Waals surface area contributed by atoms with Gasteiger partial charge in [0.25, 0.3) is 0 Å². The van der Waals surface area contributed by atoms with Crippen LogP contribution in [0.2, 0.25) is 0 Å². The second kappa shape index (κ2) is 6.07. The molecule has 92 valence electrons. The van der Waals surface area contributed by atoms with Crippen LogP contribution >= 0.6 is 0 Å². The first-order valence-electron chi connectivity index (χ1n) is 6.48. The van der Waals surface area contributed by atoms with Crippen LogP contribution in [-0.4, -0.2) is 19.8 Å². The molecule has 0 aliphatic rings. The van der Waals surface area contributed by atoms with E-state index in [1.54, 1.807) is 0 Å². The molecular weight excluding hydrogens is 335 g/mol.